The maximum Gasteiger partial charge on any atom is 0.211 e. The molecule has 0 spiro atoms. The summed E-state index contributed by atoms with van der Waals surface area (Å²) in [5.41, 5.74) is 2.95. The smallest absolute Gasteiger partial charge is 0.211 e. The molecule has 0 aliphatic carbocycles. The predicted molar refractivity (Wildman–Crippen MR) is 113 cm³/mol. The first kappa shape index (κ1) is 19.1. The number of hydrogen-bond acceptors (Lipinski definition) is 5. The van der Waals surface area contributed by atoms with Crippen LogP contribution >= 0.6 is 11.6 Å². The fraction of sp³-hybridized carbons (Fsp3) is 0.300. The van der Waals surface area contributed by atoms with Gasteiger partial charge in [-0.2, -0.15) is 0 Å². The van der Waals surface area contributed by atoms with Crippen LogP contribution in [0.2, 0.25) is 5.02 Å². The normalized spacial score (nSPS) is 16.4. The number of sulfonamides is 1. The van der Waals surface area contributed by atoms with Crippen LogP contribution in [0.5, 0.6) is 0 Å². The predicted octanol–water partition coefficient (Wildman–Crippen LogP) is 3.79. The van der Waals surface area contributed by atoms with Crippen LogP contribution in [0.1, 0.15) is 12.8 Å². The van der Waals surface area contributed by atoms with Crippen molar-refractivity contribution < 1.29 is 8.42 Å². The van der Waals surface area contributed by atoms with Gasteiger partial charge in [0.05, 0.1) is 11.3 Å². The molecule has 1 aromatic carbocycles. The average molecular weight is 417 g/mol. The summed E-state index contributed by atoms with van der Waals surface area (Å²) >= 11 is 6.12. The van der Waals surface area contributed by atoms with Crippen molar-refractivity contribution in [3.05, 3.63) is 54.1 Å². The van der Waals surface area contributed by atoms with Crippen LogP contribution in [-0.4, -0.2) is 48.1 Å². The van der Waals surface area contributed by atoms with Gasteiger partial charge in [0.1, 0.15) is 0 Å². The number of pyridine rings is 2. The Morgan fingerprint density at radius 2 is 1.86 bits per heavy atom. The van der Waals surface area contributed by atoms with E-state index in [2.05, 4.69) is 27.4 Å². The lowest BCUT2D eigenvalue weighted by atomic mass is 10.00. The van der Waals surface area contributed by atoms with Crippen LogP contribution in [0.15, 0.2) is 49.1 Å². The Hall–Kier alpha value is -2.22. The van der Waals surface area contributed by atoms with Crippen molar-refractivity contribution in [3.63, 3.8) is 0 Å². The summed E-state index contributed by atoms with van der Waals surface area (Å²) in [5.74, 6) is 0. The Morgan fingerprint density at radius 3 is 2.57 bits per heavy atom. The van der Waals surface area contributed by atoms with Gasteiger partial charge in [-0.1, -0.05) is 11.6 Å². The number of rotatable bonds is 4. The van der Waals surface area contributed by atoms with Crippen molar-refractivity contribution in [2.45, 2.75) is 18.9 Å². The first-order valence-electron chi connectivity index (χ1n) is 9.10. The minimum atomic E-state index is -3.13. The fourth-order valence-electron chi connectivity index (χ4n) is 3.61. The van der Waals surface area contributed by atoms with Gasteiger partial charge in [0.15, 0.2) is 0 Å². The molecular weight excluding hydrogens is 396 g/mol. The van der Waals surface area contributed by atoms with Crippen molar-refractivity contribution in [2.24, 2.45) is 0 Å². The van der Waals surface area contributed by atoms with E-state index in [1.807, 2.05) is 18.3 Å². The molecule has 3 heterocycles. The van der Waals surface area contributed by atoms with Crippen molar-refractivity contribution in [3.8, 4) is 11.1 Å². The highest BCUT2D eigenvalue weighted by molar-refractivity contribution is 7.88. The second kappa shape index (κ2) is 7.66. The highest BCUT2D eigenvalue weighted by atomic mass is 35.5. The maximum atomic E-state index is 11.7. The molecular formula is C20H21ClN4O2S. The zero-order chi connectivity index (χ0) is 19.7. The van der Waals surface area contributed by atoms with Gasteiger partial charge >= 0.3 is 0 Å². The molecule has 3 aromatic rings. The van der Waals surface area contributed by atoms with Crippen molar-refractivity contribution in [1.82, 2.24) is 14.3 Å². The van der Waals surface area contributed by atoms with Crippen LogP contribution in [0, 0.1) is 0 Å². The van der Waals surface area contributed by atoms with Crippen LogP contribution in [-0.2, 0) is 10.0 Å². The first-order valence-corrected chi connectivity index (χ1v) is 11.3. The van der Waals surface area contributed by atoms with Crippen LogP contribution in [0.25, 0.3) is 21.9 Å². The van der Waals surface area contributed by atoms with Gasteiger partial charge in [0.2, 0.25) is 10.0 Å². The van der Waals surface area contributed by atoms with E-state index in [0.29, 0.717) is 18.1 Å². The number of piperidine rings is 1. The summed E-state index contributed by atoms with van der Waals surface area (Å²) in [6, 6.07) is 8.26. The van der Waals surface area contributed by atoms with E-state index in [1.165, 1.54) is 6.26 Å². The molecule has 6 nitrogen and oxygen atoms in total. The van der Waals surface area contributed by atoms with Gasteiger partial charge in [-0.05, 0) is 48.1 Å². The summed E-state index contributed by atoms with van der Waals surface area (Å²) in [5, 5.41) is 6.31. The number of nitrogens with one attached hydrogen (secondary N) is 1. The van der Waals surface area contributed by atoms with E-state index >= 15 is 0 Å². The Kier molecular flexibility index (Phi) is 5.23. The summed E-state index contributed by atoms with van der Waals surface area (Å²) in [4.78, 5) is 8.46. The van der Waals surface area contributed by atoms with E-state index < -0.39 is 10.0 Å². The molecule has 4 rings (SSSR count). The van der Waals surface area contributed by atoms with E-state index in [1.54, 1.807) is 22.9 Å². The molecule has 28 heavy (non-hydrogen) atoms. The van der Waals surface area contributed by atoms with Crippen molar-refractivity contribution in [2.75, 3.05) is 24.7 Å². The van der Waals surface area contributed by atoms with Gasteiger partial charge in [0, 0.05) is 60.6 Å². The number of halogens is 1. The zero-order valence-electron chi connectivity index (χ0n) is 15.5. The molecule has 0 atom stereocenters. The number of hydrogen-bond donors (Lipinski definition) is 1. The zero-order valence-corrected chi connectivity index (χ0v) is 17.0. The van der Waals surface area contributed by atoms with E-state index in [9.17, 15) is 8.42 Å². The third-order valence-electron chi connectivity index (χ3n) is 5.08. The van der Waals surface area contributed by atoms with Gasteiger partial charge in [-0.25, -0.2) is 12.7 Å². The lowest BCUT2D eigenvalue weighted by Crippen LogP contribution is -2.41. The number of anilines is 1. The number of nitrogens with zero attached hydrogens (tertiary/aromatic N) is 3. The molecule has 1 aliphatic heterocycles. The standard InChI is InChI=1S/C20H21ClN4O2S/c1-28(26,27)25-6-3-18(4-7-25)24-20-10-15(16-9-17(21)12-23-11-16)8-14-2-5-22-13-19(14)20/h2,5,8-13,18,24H,3-4,6-7H2,1H3. The molecule has 8 heteroatoms. The molecule has 1 N–H and O–H groups in total. The second-order valence-electron chi connectivity index (χ2n) is 7.09. The summed E-state index contributed by atoms with van der Waals surface area (Å²) < 4.78 is 25.0. The second-order valence-corrected chi connectivity index (χ2v) is 9.51. The lowest BCUT2D eigenvalue weighted by Gasteiger charge is -2.31. The topological polar surface area (TPSA) is 75.2 Å². The SMILES string of the molecule is CS(=O)(=O)N1CCC(Nc2cc(-c3cncc(Cl)c3)cc3ccncc23)CC1. The van der Waals surface area contributed by atoms with Crippen LogP contribution < -0.4 is 5.32 Å². The molecule has 0 bridgehead atoms. The quantitative estimate of drug-likeness (QED) is 0.700. The fourth-order valence-corrected chi connectivity index (χ4v) is 4.65. The molecule has 0 radical (unpaired) electrons. The molecule has 1 aliphatic rings. The van der Waals surface area contributed by atoms with E-state index in [0.717, 1.165) is 40.4 Å². The summed E-state index contributed by atoms with van der Waals surface area (Å²) in [6.45, 7) is 1.06. The Labute approximate surface area is 169 Å². The molecule has 0 saturated carbocycles. The molecule has 1 saturated heterocycles. The minimum Gasteiger partial charge on any atom is -0.382 e. The van der Waals surface area contributed by atoms with Gasteiger partial charge in [-0.3, -0.25) is 9.97 Å². The van der Waals surface area contributed by atoms with E-state index in [-0.39, 0.29) is 6.04 Å². The summed E-state index contributed by atoms with van der Waals surface area (Å²) in [7, 11) is -3.13. The maximum absolute atomic E-state index is 11.7. The van der Waals surface area contributed by atoms with Crippen LogP contribution in [0.3, 0.4) is 0 Å². The first-order chi connectivity index (χ1) is 13.4. The monoisotopic (exact) mass is 416 g/mol. The van der Waals surface area contributed by atoms with Crippen molar-refractivity contribution in [1.29, 1.82) is 0 Å². The molecule has 1 fully saturated rings. The molecule has 0 unspecified atom stereocenters. The minimum absolute atomic E-state index is 0.203. The molecule has 0 amide bonds. The third kappa shape index (κ3) is 4.11. The molecule has 146 valence electrons. The van der Waals surface area contributed by atoms with Gasteiger partial charge in [-0.15, -0.1) is 0 Å². The van der Waals surface area contributed by atoms with Crippen molar-refractivity contribution >= 4 is 38.1 Å². The highest BCUT2D eigenvalue weighted by Gasteiger charge is 2.25. The van der Waals surface area contributed by atoms with Crippen LogP contribution in [0.4, 0.5) is 5.69 Å². The molecule has 2 aromatic heterocycles. The summed E-state index contributed by atoms with van der Waals surface area (Å²) in [6.07, 6.45) is 9.82. The highest BCUT2D eigenvalue weighted by Crippen LogP contribution is 2.32. The number of fused-ring (bicyclic) bond motifs is 1. The lowest BCUT2D eigenvalue weighted by molar-refractivity contribution is 0.332. The third-order valence-corrected chi connectivity index (χ3v) is 6.59. The largest absolute Gasteiger partial charge is 0.382 e. The number of aromatic nitrogens is 2. The Balaban J connectivity index is 1.65. The average Bonchev–Trinajstić information content (AvgIpc) is 2.67. The van der Waals surface area contributed by atoms with Gasteiger partial charge < -0.3 is 5.32 Å². The number of benzene rings is 1. The Bertz CT molecular complexity index is 1110. The Morgan fingerprint density at radius 1 is 1.07 bits per heavy atom. The van der Waals surface area contributed by atoms with Gasteiger partial charge in [0.25, 0.3) is 0 Å². The van der Waals surface area contributed by atoms with E-state index in [4.69, 9.17) is 11.6 Å².